The fourth-order valence-electron chi connectivity index (χ4n) is 4.21. The molecule has 2 aliphatic rings. The number of hydrogen-bond acceptors (Lipinski definition) is 5. The predicted octanol–water partition coefficient (Wildman–Crippen LogP) is 4.56. The summed E-state index contributed by atoms with van der Waals surface area (Å²) in [4.78, 5) is 18.6. The number of aryl methyl sites for hydroxylation is 1. The molecule has 0 bridgehead atoms. The van der Waals surface area contributed by atoms with Crippen LogP contribution in [-0.4, -0.2) is 45.5 Å². The van der Waals surface area contributed by atoms with E-state index < -0.39 is 0 Å². The molecular formula is C23H32N4O3. The summed E-state index contributed by atoms with van der Waals surface area (Å²) in [5.74, 6) is 1.42. The molecule has 0 aliphatic heterocycles. The quantitative estimate of drug-likeness (QED) is 0.667. The van der Waals surface area contributed by atoms with Crippen molar-refractivity contribution in [1.29, 1.82) is 0 Å². The maximum absolute atomic E-state index is 12.3. The summed E-state index contributed by atoms with van der Waals surface area (Å²) < 4.78 is 13.4. The number of aromatic nitrogens is 3. The van der Waals surface area contributed by atoms with Crippen LogP contribution >= 0.6 is 0 Å². The fourth-order valence-corrected chi connectivity index (χ4v) is 4.21. The molecule has 7 nitrogen and oxygen atoms in total. The van der Waals surface area contributed by atoms with Crippen LogP contribution in [0.25, 0.3) is 11.3 Å². The Morgan fingerprint density at radius 3 is 2.60 bits per heavy atom. The van der Waals surface area contributed by atoms with E-state index in [0.717, 1.165) is 42.1 Å². The van der Waals surface area contributed by atoms with Crippen molar-refractivity contribution >= 4 is 6.09 Å². The highest BCUT2D eigenvalue weighted by molar-refractivity contribution is 5.68. The van der Waals surface area contributed by atoms with Gasteiger partial charge in [0.25, 0.3) is 0 Å². The molecule has 0 unspecified atom stereocenters. The molecule has 0 spiro atoms. The molecule has 0 N–H and O–H groups in total. The molecule has 2 aromatic heterocycles. The van der Waals surface area contributed by atoms with Gasteiger partial charge in [-0.25, -0.2) is 4.79 Å². The van der Waals surface area contributed by atoms with Crippen LogP contribution in [0.1, 0.15) is 57.1 Å². The minimum Gasteiger partial charge on any atom is -0.489 e. The van der Waals surface area contributed by atoms with E-state index in [4.69, 9.17) is 9.47 Å². The van der Waals surface area contributed by atoms with Crippen LogP contribution in [0.4, 0.5) is 4.79 Å². The average Bonchev–Trinajstić information content (AvgIpc) is 3.10. The lowest BCUT2D eigenvalue weighted by molar-refractivity contribution is 0.0913. The average molecular weight is 413 g/mol. The SMILES string of the molecule is CN(CC1CCC1)C(=O)OCc1c(-c2ccc(OC3CCCCC3)cn2)cnn1C. The molecule has 162 valence electrons. The maximum Gasteiger partial charge on any atom is 0.409 e. The number of ether oxygens (including phenoxy) is 2. The Balaban J connectivity index is 1.37. The molecule has 4 rings (SSSR count). The molecule has 2 fully saturated rings. The Morgan fingerprint density at radius 2 is 1.93 bits per heavy atom. The maximum atomic E-state index is 12.3. The summed E-state index contributed by atoms with van der Waals surface area (Å²) in [6.45, 7) is 0.933. The van der Waals surface area contributed by atoms with Gasteiger partial charge in [-0.15, -0.1) is 0 Å². The van der Waals surface area contributed by atoms with E-state index in [1.165, 1.54) is 38.5 Å². The second-order valence-corrected chi connectivity index (χ2v) is 8.62. The largest absolute Gasteiger partial charge is 0.489 e. The topological polar surface area (TPSA) is 69.5 Å². The van der Waals surface area contributed by atoms with Gasteiger partial charge in [0.1, 0.15) is 12.4 Å². The lowest BCUT2D eigenvalue weighted by Crippen LogP contribution is -2.34. The summed E-state index contributed by atoms with van der Waals surface area (Å²) in [5, 5.41) is 4.34. The minimum atomic E-state index is -0.293. The number of amides is 1. The van der Waals surface area contributed by atoms with Gasteiger partial charge in [-0.05, 0) is 56.6 Å². The number of nitrogens with zero attached hydrogens (tertiary/aromatic N) is 4. The number of carbonyl (C=O) groups excluding carboxylic acids is 1. The van der Waals surface area contributed by atoms with E-state index in [1.54, 1.807) is 29.0 Å². The molecule has 1 amide bonds. The summed E-state index contributed by atoms with van der Waals surface area (Å²) >= 11 is 0. The van der Waals surface area contributed by atoms with Crippen molar-refractivity contribution in [3.05, 3.63) is 30.2 Å². The zero-order valence-corrected chi connectivity index (χ0v) is 18.0. The zero-order chi connectivity index (χ0) is 20.9. The van der Waals surface area contributed by atoms with E-state index >= 15 is 0 Å². The Bertz CT molecular complexity index is 839. The standard InChI is InChI=1S/C23H32N4O3/c1-26(15-17-7-6-8-17)23(28)29-16-22-20(14-25-27(22)2)21-12-11-19(13-24-21)30-18-9-4-3-5-10-18/h11-14,17-18H,3-10,15-16H2,1-2H3. The molecule has 2 aliphatic carbocycles. The second-order valence-electron chi connectivity index (χ2n) is 8.62. The molecule has 2 aromatic rings. The van der Waals surface area contributed by atoms with Gasteiger partial charge >= 0.3 is 6.09 Å². The Kier molecular flexibility index (Phi) is 6.55. The second kappa shape index (κ2) is 9.49. The predicted molar refractivity (Wildman–Crippen MR) is 114 cm³/mol. The molecule has 0 radical (unpaired) electrons. The van der Waals surface area contributed by atoms with E-state index in [9.17, 15) is 4.79 Å². The molecule has 0 saturated heterocycles. The minimum absolute atomic E-state index is 0.168. The van der Waals surface area contributed by atoms with Crippen molar-refractivity contribution in [3.8, 4) is 17.0 Å². The summed E-state index contributed by atoms with van der Waals surface area (Å²) in [7, 11) is 3.66. The highest BCUT2D eigenvalue weighted by Gasteiger charge is 2.23. The van der Waals surface area contributed by atoms with Gasteiger partial charge in [-0.2, -0.15) is 5.10 Å². The van der Waals surface area contributed by atoms with E-state index in [0.29, 0.717) is 12.0 Å². The van der Waals surface area contributed by atoms with Gasteiger partial charge in [-0.1, -0.05) is 12.8 Å². The number of rotatable bonds is 7. The van der Waals surface area contributed by atoms with Crippen molar-refractivity contribution in [2.24, 2.45) is 13.0 Å². The normalized spacial score (nSPS) is 17.4. The molecule has 2 heterocycles. The van der Waals surface area contributed by atoms with Crippen molar-refractivity contribution in [2.45, 2.75) is 64.1 Å². The Hall–Kier alpha value is -2.57. The molecule has 0 atom stereocenters. The van der Waals surface area contributed by atoms with Crippen molar-refractivity contribution in [3.63, 3.8) is 0 Å². The van der Waals surface area contributed by atoms with E-state index in [2.05, 4.69) is 10.1 Å². The first-order chi connectivity index (χ1) is 14.6. The van der Waals surface area contributed by atoms with Gasteiger partial charge in [0.15, 0.2) is 0 Å². The summed E-state index contributed by atoms with van der Waals surface area (Å²) in [6, 6.07) is 3.91. The zero-order valence-electron chi connectivity index (χ0n) is 18.0. The Morgan fingerprint density at radius 1 is 1.13 bits per heavy atom. The van der Waals surface area contributed by atoms with Crippen LogP contribution in [0.15, 0.2) is 24.5 Å². The summed E-state index contributed by atoms with van der Waals surface area (Å²) in [6.07, 6.45) is 13.3. The van der Waals surface area contributed by atoms with Crippen LogP contribution in [0.2, 0.25) is 0 Å². The van der Waals surface area contributed by atoms with E-state index in [-0.39, 0.29) is 12.7 Å². The number of pyridine rings is 1. The van der Waals surface area contributed by atoms with Crippen molar-refractivity contribution in [1.82, 2.24) is 19.7 Å². The monoisotopic (exact) mass is 412 g/mol. The molecular weight excluding hydrogens is 380 g/mol. The van der Waals surface area contributed by atoms with Gasteiger partial charge < -0.3 is 14.4 Å². The first kappa shape index (κ1) is 20.7. The third-order valence-electron chi connectivity index (χ3n) is 6.33. The van der Waals surface area contributed by atoms with E-state index in [1.807, 2.05) is 19.2 Å². The van der Waals surface area contributed by atoms with Gasteiger partial charge in [0.2, 0.25) is 0 Å². The number of carbonyl (C=O) groups is 1. The first-order valence-electron chi connectivity index (χ1n) is 11.1. The van der Waals surface area contributed by atoms with Crippen LogP contribution in [0.5, 0.6) is 5.75 Å². The first-order valence-corrected chi connectivity index (χ1v) is 11.1. The Labute approximate surface area is 178 Å². The number of hydrogen-bond donors (Lipinski definition) is 0. The van der Waals surface area contributed by atoms with Crippen LogP contribution in [0, 0.1) is 5.92 Å². The van der Waals surface area contributed by atoms with Gasteiger partial charge in [0.05, 0.1) is 29.9 Å². The molecule has 0 aromatic carbocycles. The summed E-state index contributed by atoms with van der Waals surface area (Å²) in [5.41, 5.74) is 2.50. The lowest BCUT2D eigenvalue weighted by Gasteiger charge is -2.29. The van der Waals surface area contributed by atoms with Crippen LogP contribution < -0.4 is 4.74 Å². The lowest BCUT2D eigenvalue weighted by atomic mass is 9.85. The van der Waals surface area contributed by atoms with Crippen LogP contribution in [-0.2, 0) is 18.4 Å². The highest BCUT2D eigenvalue weighted by Crippen LogP contribution is 2.28. The molecule has 30 heavy (non-hydrogen) atoms. The van der Waals surface area contributed by atoms with Crippen LogP contribution in [0.3, 0.4) is 0 Å². The fraction of sp³-hybridized carbons (Fsp3) is 0.609. The van der Waals surface area contributed by atoms with Gasteiger partial charge in [0, 0.05) is 26.2 Å². The van der Waals surface area contributed by atoms with Crippen molar-refractivity contribution in [2.75, 3.05) is 13.6 Å². The van der Waals surface area contributed by atoms with Crippen molar-refractivity contribution < 1.29 is 14.3 Å². The smallest absolute Gasteiger partial charge is 0.409 e. The third-order valence-corrected chi connectivity index (χ3v) is 6.33. The van der Waals surface area contributed by atoms with Gasteiger partial charge in [-0.3, -0.25) is 9.67 Å². The highest BCUT2D eigenvalue weighted by atomic mass is 16.6. The third kappa shape index (κ3) is 4.94. The molecule has 7 heteroatoms. The molecule has 2 saturated carbocycles.